The maximum absolute atomic E-state index is 12.4. The van der Waals surface area contributed by atoms with Gasteiger partial charge in [0, 0.05) is 39.1 Å². The molecular formula is C19H17BrN2O2. The highest BCUT2D eigenvalue weighted by Gasteiger charge is 2.27. The molecule has 0 radical (unpaired) electrons. The monoisotopic (exact) mass is 384 g/mol. The molecule has 4 nitrogen and oxygen atoms in total. The maximum atomic E-state index is 12.4. The van der Waals surface area contributed by atoms with E-state index >= 15 is 0 Å². The zero-order valence-electron chi connectivity index (χ0n) is 13.2. The molecule has 4 rings (SSSR count). The minimum absolute atomic E-state index is 0.0339. The summed E-state index contributed by atoms with van der Waals surface area (Å²) in [7, 11) is 1.68. The van der Waals surface area contributed by atoms with E-state index in [1.54, 1.807) is 7.11 Å². The third kappa shape index (κ3) is 2.69. The summed E-state index contributed by atoms with van der Waals surface area (Å²) in [5, 5.41) is 4.32. The van der Waals surface area contributed by atoms with E-state index in [0.29, 0.717) is 5.56 Å². The summed E-state index contributed by atoms with van der Waals surface area (Å²) in [6.07, 6.45) is 1.66. The first-order valence-electron chi connectivity index (χ1n) is 7.88. The van der Waals surface area contributed by atoms with Gasteiger partial charge in [0.05, 0.1) is 7.11 Å². The van der Waals surface area contributed by atoms with E-state index in [4.69, 9.17) is 4.74 Å². The molecule has 0 saturated heterocycles. The minimum atomic E-state index is -0.0339. The first-order valence-corrected chi connectivity index (χ1v) is 8.67. The van der Waals surface area contributed by atoms with Gasteiger partial charge in [-0.3, -0.25) is 4.79 Å². The number of hydrogen-bond donors (Lipinski definition) is 2. The van der Waals surface area contributed by atoms with Gasteiger partial charge in [-0.25, -0.2) is 0 Å². The minimum Gasteiger partial charge on any atom is -0.497 e. The van der Waals surface area contributed by atoms with Gasteiger partial charge in [0.25, 0.3) is 5.91 Å². The number of halogens is 1. The number of carbonyl (C=O) groups excluding carboxylic acids is 1. The van der Waals surface area contributed by atoms with Crippen LogP contribution >= 0.6 is 15.9 Å². The standard InChI is InChI=1S/C19H17BrN2O2/c1-24-14-5-6-17-16(10-14)15-8-13(9-18(15)22-17)21-19(23)11-3-2-4-12(20)7-11/h2-7,10,13,22H,8-9H2,1H3,(H,21,23). The number of aromatic amines is 1. The van der Waals surface area contributed by atoms with Crippen molar-refractivity contribution in [2.24, 2.45) is 0 Å². The molecule has 0 fully saturated rings. The molecule has 1 aromatic heterocycles. The van der Waals surface area contributed by atoms with Crippen molar-refractivity contribution in [3.63, 3.8) is 0 Å². The second kappa shape index (κ2) is 5.98. The van der Waals surface area contributed by atoms with Crippen molar-refractivity contribution < 1.29 is 9.53 Å². The quantitative estimate of drug-likeness (QED) is 0.720. The van der Waals surface area contributed by atoms with Crippen molar-refractivity contribution in [2.75, 3.05) is 7.11 Å². The molecule has 1 aliphatic rings. The van der Waals surface area contributed by atoms with Gasteiger partial charge in [-0.2, -0.15) is 0 Å². The van der Waals surface area contributed by atoms with Crippen LogP contribution in [0.25, 0.3) is 10.9 Å². The zero-order valence-corrected chi connectivity index (χ0v) is 14.8. The number of carbonyl (C=O) groups is 1. The summed E-state index contributed by atoms with van der Waals surface area (Å²) in [5.41, 5.74) is 4.28. The van der Waals surface area contributed by atoms with Gasteiger partial charge < -0.3 is 15.0 Å². The average molecular weight is 385 g/mol. The van der Waals surface area contributed by atoms with Gasteiger partial charge >= 0.3 is 0 Å². The Morgan fingerprint density at radius 1 is 1.25 bits per heavy atom. The van der Waals surface area contributed by atoms with Crippen LogP contribution in [0.3, 0.4) is 0 Å². The van der Waals surface area contributed by atoms with Crippen LogP contribution in [0.2, 0.25) is 0 Å². The van der Waals surface area contributed by atoms with Crippen LogP contribution in [-0.2, 0) is 12.8 Å². The van der Waals surface area contributed by atoms with E-state index in [9.17, 15) is 4.79 Å². The molecule has 1 heterocycles. The summed E-state index contributed by atoms with van der Waals surface area (Å²) < 4.78 is 6.23. The van der Waals surface area contributed by atoms with E-state index in [2.05, 4.69) is 32.3 Å². The Morgan fingerprint density at radius 3 is 2.92 bits per heavy atom. The molecule has 3 aromatic rings. The summed E-state index contributed by atoms with van der Waals surface area (Å²) >= 11 is 3.40. The summed E-state index contributed by atoms with van der Waals surface area (Å²) in [4.78, 5) is 15.9. The van der Waals surface area contributed by atoms with Gasteiger partial charge in [-0.15, -0.1) is 0 Å². The van der Waals surface area contributed by atoms with Gasteiger partial charge in [-0.1, -0.05) is 22.0 Å². The highest BCUT2D eigenvalue weighted by molar-refractivity contribution is 9.10. The molecule has 24 heavy (non-hydrogen) atoms. The molecule has 2 N–H and O–H groups in total. The van der Waals surface area contributed by atoms with Crippen LogP contribution < -0.4 is 10.1 Å². The Morgan fingerprint density at radius 2 is 2.12 bits per heavy atom. The molecule has 1 amide bonds. The fraction of sp³-hybridized carbons (Fsp3) is 0.211. The Hall–Kier alpha value is -2.27. The molecule has 0 saturated carbocycles. The van der Waals surface area contributed by atoms with Crippen molar-refractivity contribution in [1.82, 2.24) is 10.3 Å². The Kier molecular flexibility index (Phi) is 3.81. The number of methoxy groups -OCH3 is 1. The number of rotatable bonds is 3. The largest absolute Gasteiger partial charge is 0.497 e. The smallest absolute Gasteiger partial charge is 0.251 e. The van der Waals surface area contributed by atoms with E-state index in [-0.39, 0.29) is 11.9 Å². The average Bonchev–Trinajstić information content (AvgIpc) is 3.11. The number of fused-ring (bicyclic) bond motifs is 3. The SMILES string of the molecule is COc1ccc2[nH]c3c(c2c1)CC(NC(=O)c1cccc(Br)c1)C3. The number of amides is 1. The predicted octanol–water partition coefficient (Wildman–Crippen LogP) is 3.84. The lowest BCUT2D eigenvalue weighted by Crippen LogP contribution is -2.35. The second-order valence-corrected chi connectivity index (χ2v) is 7.00. The van der Waals surface area contributed by atoms with Crippen LogP contribution in [0.4, 0.5) is 0 Å². The summed E-state index contributed by atoms with van der Waals surface area (Å²) in [6.45, 7) is 0. The Labute approximate surface area is 148 Å². The highest BCUT2D eigenvalue weighted by atomic mass is 79.9. The molecule has 1 unspecified atom stereocenters. The summed E-state index contributed by atoms with van der Waals surface area (Å²) in [6, 6.07) is 13.6. The van der Waals surface area contributed by atoms with Crippen LogP contribution in [-0.4, -0.2) is 24.0 Å². The summed E-state index contributed by atoms with van der Waals surface area (Å²) in [5.74, 6) is 0.819. The number of benzene rings is 2. The lowest BCUT2D eigenvalue weighted by atomic mass is 10.1. The molecule has 0 spiro atoms. The van der Waals surface area contributed by atoms with Gasteiger partial charge in [-0.05, 0) is 48.4 Å². The van der Waals surface area contributed by atoms with Crippen LogP contribution in [0.5, 0.6) is 5.75 Å². The normalized spacial score (nSPS) is 16.2. The fourth-order valence-electron chi connectivity index (χ4n) is 3.38. The lowest BCUT2D eigenvalue weighted by molar-refractivity contribution is 0.0938. The molecule has 5 heteroatoms. The van der Waals surface area contributed by atoms with Crippen molar-refractivity contribution in [2.45, 2.75) is 18.9 Å². The van der Waals surface area contributed by atoms with Crippen LogP contribution in [0.15, 0.2) is 46.9 Å². The molecule has 0 aliphatic heterocycles. The van der Waals surface area contributed by atoms with E-state index < -0.39 is 0 Å². The topological polar surface area (TPSA) is 54.1 Å². The molecule has 0 bridgehead atoms. The number of aromatic nitrogens is 1. The molecular weight excluding hydrogens is 368 g/mol. The van der Waals surface area contributed by atoms with Gasteiger partial charge in [0.2, 0.25) is 0 Å². The lowest BCUT2D eigenvalue weighted by Gasteiger charge is -2.13. The predicted molar refractivity (Wildman–Crippen MR) is 97.7 cm³/mol. The third-order valence-electron chi connectivity index (χ3n) is 4.52. The van der Waals surface area contributed by atoms with Crippen molar-refractivity contribution in [3.8, 4) is 5.75 Å². The van der Waals surface area contributed by atoms with E-state index in [1.807, 2.05) is 36.4 Å². The third-order valence-corrected chi connectivity index (χ3v) is 5.02. The molecule has 1 atom stereocenters. The van der Waals surface area contributed by atoms with Crippen LogP contribution in [0, 0.1) is 0 Å². The van der Waals surface area contributed by atoms with Gasteiger partial charge in [0.15, 0.2) is 0 Å². The first kappa shape index (κ1) is 15.3. The Balaban J connectivity index is 1.54. The first-order chi connectivity index (χ1) is 11.6. The Bertz CT molecular complexity index is 932. The second-order valence-electron chi connectivity index (χ2n) is 6.08. The van der Waals surface area contributed by atoms with Crippen molar-refractivity contribution >= 4 is 32.7 Å². The number of hydrogen-bond acceptors (Lipinski definition) is 2. The fourth-order valence-corrected chi connectivity index (χ4v) is 3.78. The molecule has 1 aliphatic carbocycles. The van der Waals surface area contributed by atoms with E-state index in [0.717, 1.165) is 28.6 Å². The van der Waals surface area contributed by atoms with E-state index in [1.165, 1.54) is 16.6 Å². The van der Waals surface area contributed by atoms with Gasteiger partial charge in [0.1, 0.15) is 5.75 Å². The zero-order chi connectivity index (χ0) is 16.7. The van der Waals surface area contributed by atoms with Crippen molar-refractivity contribution in [3.05, 3.63) is 63.8 Å². The maximum Gasteiger partial charge on any atom is 0.251 e. The highest BCUT2D eigenvalue weighted by Crippen LogP contribution is 2.32. The van der Waals surface area contributed by atoms with Crippen LogP contribution in [0.1, 0.15) is 21.6 Å². The van der Waals surface area contributed by atoms with Crippen molar-refractivity contribution in [1.29, 1.82) is 0 Å². The molecule has 122 valence electrons. The number of H-pyrrole nitrogens is 1. The number of ether oxygens (including phenoxy) is 1. The number of nitrogens with one attached hydrogen (secondary N) is 2. The molecule has 2 aromatic carbocycles.